The predicted octanol–water partition coefficient (Wildman–Crippen LogP) is 0.919. The standard InChI is InChI=1S/C16H23N3O2/c1-11-8-9-17-12(2)15(11)19-14(20)10-18-16(21)13-6-4-3-5-7-13/h3-7,11-12,15,17H,8-10H2,1-2H3,(H,18,21)(H,19,20). The second-order valence-electron chi connectivity index (χ2n) is 5.65. The molecule has 5 heteroatoms. The monoisotopic (exact) mass is 289 g/mol. The minimum Gasteiger partial charge on any atom is -0.350 e. The molecule has 1 aromatic carbocycles. The Morgan fingerprint density at radius 2 is 1.95 bits per heavy atom. The predicted molar refractivity (Wildman–Crippen MR) is 82.0 cm³/mol. The lowest BCUT2D eigenvalue weighted by atomic mass is 9.89. The average Bonchev–Trinajstić information content (AvgIpc) is 2.49. The van der Waals surface area contributed by atoms with Crippen molar-refractivity contribution in [2.24, 2.45) is 5.92 Å². The molecule has 0 bridgehead atoms. The molecule has 0 aromatic heterocycles. The SMILES string of the molecule is CC1CCNC(C)C1NC(=O)CNC(=O)c1ccccc1. The van der Waals surface area contributed by atoms with Crippen molar-refractivity contribution in [2.45, 2.75) is 32.4 Å². The molecule has 2 amide bonds. The fourth-order valence-electron chi connectivity index (χ4n) is 2.69. The summed E-state index contributed by atoms with van der Waals surface area (Å²) in [6, 6.07) is 9.26. The van der Waals surface area contributed by atoms with E-state index in [1.54, 1.807) is 24.3 Å². The molecule has 3 unspecified atom stereocenters. The third-order valence-electron chi connectivity index (χ3n) is 3.99. The first-order valence-electron chi connectivity index (χ1n) is 7.44. The highest BCUT2D eigenvalue weighted by Crippen LogP contribution is 2.15. The van der Waals surface area contributed by atoms with Crippen molar-refractivity contribution in [1.82, 2.24) is 16.0 Å². The number of carbonyl (C=O) groups is 2. The van der Waals surface area contributed by atoms with Crippen molar-refractivity contribution < 1.29 is 9.59 Å². The molecule has 114 valence electrons. The van der Waals surface area contributed by atoms with Crippen LogP contribution in [0.25, 0.3) is 0 Å². The first-order valence-corrected chi connectivity index (χ1v) is 7.44. The molecule has 3 N–H and O–H groups in total. The Kier molecular flexibility index (Phi) is 5.33. The van der Waals surface area contributed by atoms with Gasteiger partial charge in [-0.05, 0) is 37.9 Å². The van der Waals surface area contributed by atoms with Gasteiger partial charge in [-0.1, -0.05) is 25.1 Å². The van der Waals surface area contributed by atoms with Gasteiger partial charge >= 0.3 is 0 Å². The van der Waals surface area contributed by atoms with Crippen LogP contribution in [0.1, 0.15) is 30.6 Å². The first-order chi connectivity index (χ1) is 10.1. The summed E-state index contributed by atoms with van der Waals surface area (Å²) in [6.45, 7) is 5.21. The van der Waals surface area contributed by atoms with Gasteiger partial charge in [0.25, 0.3) is 5.91 Å². The zero-order valence-corrected chi connectivity index (χ0v) is 12.6. The third-order valence-corrected chi connectivity index (χ3v) is 3.99. The van der Waals surface area contributed by atoms with Gasteiger partial charge < -0.3 is 16.0 Å². The summed E-state index contributed by atoms with van der Waals surface area (Å²) >= 11 is 0. The molecular formula is C16H23N3O2. The van der Waals surface area contributed by atoms with Crippen LogP contribution in [0.4, 0.5) is 0 Å². The maximum atomic E-state index is 12.0. The smallest absolute Gasteiger partial charge is 0.251 e. The van der Waals surface area contributed by atoms with Gasteiger partial charge in [0, 0.05) is 17.6 Å². The molecule has 21 heavy (non-hydrogen) atoms. The number of hydrogen-bond donors (Lipinski definition) is 3. The minimum absolute atomic E-state index is 0.00364. The van der Waals surface area contributed by atoms with E-state index in [2.05, 4.69) is 29.8 Å². The molecule has 1 aromatic rings. The molecule has 0 radical (unpaired) electrons. The zero-order valence-electron chi connectivity index (χ0n) is 12.6. The molecule has 5 nitrogen and oxygen atoms in total. The summed E-state index contributed by atoms with van der Waals surface area (Å²) in [6.07, 6.45) is 1.05. The summed E-state index contributed by atoms with van der Waals surface area (Å²) in [5, 5.41) is 9.01. The summed E-state index contributed by atoms with van der Waals surface area (Å²) in [5.41, 5.74) is 0.561. The summed E-state index contributed by atoms with van der Waals surface area (Å²) in [7, 11) is 0. The summed E-state index contributed by atoms with van der Waals surface area (Å²) < 4.78 is 0. The van der Waals surface area contributed by atoms with Crippen LogP contribution in [-0.2, 0) is 4.79 Å². The van der Waals surface area contributed by atoms with E-state index in [4.69, 9.17) is 0 Å². The second kappa shape index (κ2) is 7.22. The van der Waals surface area contributed by atoms with E-state index >= 15 is 0 Å². The maximum absolute atomic E-state index is 12.0. The van der Waals surface area contributed by atoms with E-state index < -0.39 is 0 Å². The lowest BCUT2D eigenvalue weighted by molar-refractivity contribution is -0.121. The largest absolute Gasteiger partial charge is 0.350 e. The Bertz CT molecular complexity index is 480. The van der Waals surface area contributed by atoms with Gasteiger partial charge in [0.15, 0.2) is 0 Å². The fourth-order valence-corrected chi connectivity index (χ4v) is 2.69. The summed E-state index contributed by atoms with van der Waals surface area (Å²) in [5.74, 6) is 0.0651. The van der Waals surface area contributed by atoms with Crippen LogP contribution in [0.5, 0.6) is 0 Å². The molecule has 0 aliphatic carbocycles. The quantitative estimate of drug-likeness (QED) is 0.772. The van der Waals surface area contributed by atoms with E-state index in [1.165, 1.54) is 0 Å². The summed E-state index contributed by atoms with van der Waals surface area (Å²) in [4.78, 5) is 23.9. The van der Waals surface area contributed by atoms with Gasteiger partial charge in [-0.3, -0.25) is 9.59 Å². The molecule has 1 aliphatic rings. The first kappa shape index (κ1) is 15.5. The lowest BCUT2D eigenvalue weighted by Gasteiger charge is -2.36. The molecule has 1 aliphatic heterocycles. The van der Waals surface area contributed by atoms with Gasteiger partial charge in [0.2, 0.25) is 5.91 Å². The molecule has 1 heterocycles. The fraction of sp³-hybridized carbons (Fsp3) is 0.500. The molecular weight excluding hydrogens is 266 g/mol. The Hall–Kier alpha value is -1.88. The van der Waals surface area contributed by atoms with Gasteiger partial charge in [0.05, 0.1) is 6.54 Å². The molecule has 0 saturated carbocycles. The van der Waals surface area contributed by atoms with Crippen molar-refractivity contribution >= 4 is 11.8 Å². The topological polar surface area (TPSA) is 70.2 Å². The van der Waals surface area contributed by atoms with Crippen molar-refractivity contribution in [2.75, 3.05) is 13.1 Å². The van der Waals surface area contributed by atoms with Crippen molar-refractivity contribution in [3.05, 3.63) is 35.9 Å². The molecule has 2 rings (SSSR count). The van der Waals surface area contributed by atoms with Crippen LogP contribution in [-0.4, -0.2) is 37.0 Å². The van der Waals surface area contributed by atoms with Crippen LogP contribution in [0.3, 0.4) is 0 Å². The minimum atomic E-state index is -0.228. The number of nitrogens with one attached hydrogen (secondary N) is 3. The second-order valence-corrected chi connectivity index (χ2v) is 5.65. The van der Waals surface area contributed by atoms with E-state index in [-0.39, 0.29) is 30.4 Å². The van der Waals surface area contributed by atoms with Gasteiger partial charge in [-0.2, -0.15) is 0 Å². The van der Waals surface area contributed by atoms with Gasteiger partial charge in [-0.25, -0.2) is 0 Å². The number of benzene rings is 1. The average molecular weight is 289 g/mol. The number of hydrogen-bond acceptors (Lipinski definition) is 3. The van der Waals surface area contributed by atoms with Crippen LogP contribution >= 0.6 is 0 Å². The Morgan fingerprint density at radius 1 is 1.24 bits per heavy atom. The number of piperidine rings is 1. The molecule has 1 saturated heterocycles. The van der Waals surface area contributed by atoms with Gasteiger partial charge in [-0.15, -0.1) is 0 Å². The van der Waals surface area contributed by atoms with Crippen molar-refractivity contribution in [3.8, 4) is 0 Å². The van der Waals surface area contributed by atoms with Gasteiger partial charge in [0.1, 0.15) is 0 Å². The van der Waals surface area contributed by atoms with Crippen LogP contribution in [0.15, 0.2) is 30.3 Å². The molecule has 1 fully saturated rings. The van der Waals surface area contributed by atoms with E-state index in [1.807, 2.05) is 6.07 Å². The van der Waals surface area contributed by atoms with Crippen LogP contribution < -0.4 is 16.0 Å². The number of carbonyl (C=O) groups excluding carboxylic acids is 2. The Balaban J connectivity index is 1.81. The highest BCUT2D eigenvalue weighted by Gasteiger charge is 2.28. The third kappa shape index (κ3) is 4.29. The highest BCUT2D eigenvalue weighted by atomic mass is 16.2. The maximum Gasteiger partial charge on any atom is 0.251 e. The van der Waals surface area contributed by atoms with Crippen LogP contribution in [0.2, 0.25) is 0 Å². The van der Waals surface area contributed by atoms with Crippen molar-refractivity contribution in [3.63, 3.8) is 0 Å². The lowest BCUT2D eigenvalue weighted by Crippen LogP contribution is -2.57. The molecule has 3 atom stereocenters. The zero-order chi connectivity index (χ0) is 15.2. The number of amides is 2. The Morgan fingerprint density at radius 3 is 2.62 bits per heavy atom. The van der Waals surface area contributed by atoms with Crippen LogP contribution in [0, 0.1) is 5.92 Å². The number of rotatable bonds is 4. The van der Waals surface area contributed by atoms with E-state index in [9.17, 15) is 9.59 Å². The highest BCUT2D eigenvalue weighted by molar-refractivity contribution is 5.96. The normalized spacial score (nSPS) is 25.1. The molecule has 0 spiro atoms. The van der Waals surface area contributed by atoms with E-state index in [0.717, 1.165) is 13.0 Å². The van der Waals surface area contributed by atoms with Crippen molar-refractivity contribution in [1.29, 1.82) is 0 Å². The van der Waals surface area contributed by atoms with E-state index in [0.29, 0.717) is 11.5 Å². The Labute approximate surface area is 125 Å².